The molecule has 0 aliphatic carbocycles. The van der Waals surface area contributed by atoms with Gasteiger partial charge in [-0.15, -0.1) is 0 Å². The molecule has 134 valence electrons. The quantitative estimate of drug-likeness (QED) is 0.604. The number of nitrogens with one attached hydrogen (secondary N) is 2. The highest BCUT2D eigenvalue weighted by Crippen LogP contribution is 2.17. The number of benzene rings is 1. The Morgan fingerprint density at radius 1 is 1.19 bits per heavy atom. The molecule has 0 fully saturated rings. The molecule has 0 aliphatic rings. The molecule has 1 aromatic carbocycles. The van der Waals surface area contributed by atoms with Gasteiger partial charge in [0.15, 0.2) is 11.4 Å². The lowest BCUT2D eigenvalue weighted by atomic mass is 10.1. The molecule has 3 rings (SSSR count). The summed E-state index contributed by atoms with van der Waals surface area (Å²) in [6.45, 7) is 3.43. The van der Waals surface area contributed by atoms with Gasteiger partial charge >= 0.3 is 0 Å². The molecular weight excluding hydrogens is 338 g/mol. The fourth-order valence-corrected chi connectivity index (χ4v) is 2.38. The Hall–Kier alpha value is -3.62. The predicted octanol–water partition coefficient (Wildman–Crippen LogP) is 1.19. The van der Waals surface area contributed by atoms with E-state index in [1.807, 2.05) is 18.2 Å². The second-order valence-corrected chi connectivity index (χ2v) is 5.62. The number of carbonyl (C=O) groups excluding carboxylic acids is 2. The van der Waals surface area contributed by atoms with Crippen LogP contribution in [0.3, 0.4) is 0 Å². The van der Waals surface area contributed by atoms with E-state index >= 15 is 0 Å². The summed E-state index contributed by atoms with van der Waals surface area (Å²) >= 11 is 0. The first-order valence-electron chi connectivity index (χ1n) is 7.80. The lowest BCUT2D eigenvalue weighted by Gasteiger charge is -2.06. The summed E-state index contributed by atoms with van der Waals surface area (Å²) in [4.78, 5) is 24.1. The van der Waals surface area contributed by atoms with E-state index in [9.17, 15) is 14.7 Å². The number of aromatic hydroxyl groups is 1. The van der Waals surface area contributed by atoms with E-state index in [4.69, 9.17) is 4.52 Å². The molecule has 9 nitrogen and oxygen atoms in total. The molecule has 0 atom stereocenters. The number of amides is 2. The minimum Gasteiger partial charge on any atom is -0.504 e. The number of nitrogens with zero attached hydrogens (tertiary/aromatic N) is 3. The van der Waals surface area contributed by atoms with Crippen LogP contribution in [0.25, 0.3) is 5.69 Å². The average molecular weight is 355 g/mol. The predicted molar refractivity (Wildman–Crippen MR) is 90.5 cm³/mol. The third-order valence-corrected chi connectivity index (χ3v) is 3.76. The first-order chi connectivity index (χ1) is 12.5. The van der Waals surface area contributed by atoms with Crippen LogP contribution in [0, 0.1) is 13.8 Å². The van der Waals surface area contributed by atoms with Crippen LogP contribution < -0.4 is 10.9 Å². The summed E-state index contributed by atoms with van der Waals surface area (Å²) in [7, 11) is 0. The van der Waals surface area contributed by atoms with Gasteiger partial charge in [-0.3, -0.25) is 20.4 Å². The zero-order valence-corrected chi connectivity index (χ0v) is 14.2. The molecule has 2 aromatic heterocycles. The van der Waals surface area contributed by atoms with E-state index in [-0.39, 0.29) is 17.9 Å². The van der Waals surface area contributed by atoms with Gasteiger partial charge in [0.1, 0.15) is 5.76 Å². The van der Waals surface area contributed by atoms with E-state index in [0.717, 1.165) is 0 Å². The monoisotopic (exact) mass is 355 g/mol. The molecule has 3 aromatic rings. The normalized spacial score (nSPS) is 10.5. The average Bonchev–Trinajstić information content (AvgIpc) is 3.18. The molecule has 0 saturated heterocycles. The highest BCUT2D eigenvalue weighted by atomic mass is 16.5. The van der Waals surface area contributed by atoms with Gasteiger partial charge in [-0.1, -0.05) is 23.4 Å². The van der Waals surface area contributed by atoms with Crippen molar-refractivity contribution in [3.8, 4) is 11.4 Å². The summed E-state index contributed by atoms with van der Waals surface area (Å²) < 4.78 is 6.36. The van der Waals surface area contributed by atoms with Crippen molar-refractivity contribution in [1.82, 2.24) is 25.8 Å². The first-order valence-corrected chi connectivity index (χ1v) is 7.80. The number of aromatic nitrogens is 3. The van der Waals surface area contributed by atoms with Crippen LogP contribution in [0.5, 0.6) is 5.75 Å². The van der Waals surface area contributed by atoms with Gasteiger partial charge in [-0.25, -0.2) is 4.68 Å². The van der Waals surface area contributed by atoms with E-state index in [1.54, 1.807) is 26.0 Å². The van der Waals surface area contributed by atoms with Crippen molar-refractivity contribution in [3.63, 3.8) is 0 Å². The highest BCUT2D eigenvalue weighted by Gasteiger charge is 2.19. The maximum atomic E-state index is 12.2. The number of para-hydroxylation sites is 1. The molecule has 26 heavy (non-hydrogen) atoms. The van der Waals surface area contributed by atoms with Crippen molar-refractivity contribution >= 4 is 11.8 Å². The molecular formula is C17H17N5O4. The first kappa shape index (κ1) is 17.2. The number of carbonyl (C=O) groups is 2. The van der Waals surface area contributed by atoms with E-state index < -0.39 is 11.8 Å². The van der Waals surface area contributed by atoms with Crippen molar-refractivity contribution in [2.75, 3.05) is 0 Å². The highest BCUT2D eigenvalue weighted by molar-refractivity contribution is 5.96. The van der Waals surface area contributed by atoms with Crippen LogP contribution >= 0.6 is 0 Å². The summed E-state index contributed by atoms with van der Waals surface area (Å²) in [5.74, 6) is -0.937. The summed E-state index contributed by atoms with van der Waals surface area (Å²) in [5, 5.41) is 17.7. The molecule has 2 amide bonds. The van der Waals surface area contributed by atoms with Gasteiger partial charge < -0.3 is 9.63 Å². The van der Waals surface area contributed by atoms with Crippen LogP contribution in [-0.2, 0) is 11.2 Å². The summed E-state index contributed by atoms with van der Waals surface area (Å²) in [6, 6.07) is 9.01. The maximum absolute atomic E-state index is 12.2. The molecule has 0 unspecified atom stereocenters. The van der Waals surface area contributed by atoms with E-state index in [0.29, 0.717) is 22.7 Å². The van der Waals surface area contributed by atoms with Gasteiger partial charge in [0.25, 0.3) is 5.91 Å². The van der Waals surface area contributed by atoms with E-state index in [2.05, 4.69) is 21.1 Å². The van der Waals surface area contributed by atoms with E-state index in [1.165, 1.54) is 10.9 Å². The Bertz CT molecular complexity index is 926. The van der Waals surface area contributed by atoms with Gasteiger partial charge in [0.05, 0.1) is 24.0 Å². The topological polar surface area (TPSA) is 122 Å². The number of rotatable bonds is 4. The zero-order valence-electron chi connectivity index (χ0n) is 14.2. The third-order valence-electron chi connectivity index (χ3n) is 3.76. The van der Waals surface area contributed by atoms with Crippen LogP contribution in [0.1, 0.15) is 27.5 Å². The fraction of sp³-hybridized carbons (Fsp3) is 0.176. The number of hydrogen-bond donors (Lipinski definition) is 3. The molecule has 0 saturated carbocycles. The van der Waals surface area contributed by atoms with Gasteiger partial charge in [-0.05, 0) is 26.0 Å². The lowest BCUT2D eigenvalue weighted by Crippen LogP contribution is -2.42. The maximum Gasteiger partial charge on any atom is 0.294 e. The Morgan fingerprint density at radius 2 is 1.92 bits per heavy atom. The molecule has 0 bridgehead atoms. The summed E-state index contributed by atoms with van der Waals surface area (Å²) in [5.41, 5.74) is 6.27. The Balaban J connectivity index is 1.63. The number of aryl methyl sites for hydroxylation is 2. The largest absolute Gasteiger partial charge is 0.504 e. The lowest BCUT2D eigenvalue weighted by molar-refractivity contribution is -0.121. The molecule has 9 heteroatoms. The van der Waals surface area contributed by atoms with Crippen LogP contribution in [0.15, 0.2) is 41.1 Å². The molecule has 0 aliphatic heterocycles. The second-order valence-electron chi connectivity index (χ2n) is 5.62. The van der Waals surface area contributed by atoms with Crippen molar-refractivity contribution in [1.29, 1.82) is 0 Å². The SMILES string of the molecule is Cc1noc(C)c1CC(=O)NNC(=O)c1nn(-c2ccccc2)cc1O. The minimum absolute atomic E-state index is 0.00584. The molecule has 2 heterocycles. The van der Waals surface area contributed by atoms with Gasteiger partial charge in [0, 0.05) is 5.56 Å². The smallest absolute Gasteiger partial charge is 0.294 e. The Morgan fingerprint density at radius 3 is 2.58 bits per heavy atom. The molecule has 0 spiro atoms. The van der Waals surface area contributed by atoms with Crippen molar-refractivity contribution in [2.24, 2.45) is 0 Å². The molecule has 0 radical (unpaired) electrons. The molecule has 3 N–H and O–H groups in total. The second kappa shape index (κ2) is 7.09. The van der Waals surface area contributed by atoms with Crippen LogP contribution in [0.2, 0.25) is 0 Å². The summed E-state index contributed by atoms with van der Waals surface area (Å²) in [6.07, 6.45) is 1.32. The van der Waals surface area contributed by atoms with Crippen molar-refractivity contribution < 1.29 is 19.2 Å². The van der Waals surface area contributed by atoms with Crippen molar-refractivity contribution in [3.05, 3.63) is 59.2 Å². The van der Waals surface area contributed by atoms with Gasteiger partial charge in [0.2, 0.25) is 5.91 Å². The van der Waals surface area contributed by atoms with Crippen LogP contribution in [-0.4, -0.2) is 31.9 Å². The Labute approximate surface area is 148 Å². The minimum atomic E-state index is -0.732. The van der Waals surface area contributed by atoms with Crippen LogP contribution in [0.4, 0.5) is 0 Å². The third kappa shape index (κ3) is 3.56. The fourth-order valence-electron chi connectivity index (χ4n) is 2.38. The Kier molecular flexibility index (Phi) is 4.70. The van der Waals surface area contributed by atoms with Crippen molar-refractivity contribution in [2.45, 2.75) is 20.3 Å². The van der Waals surface area contributed by atoms with Gasteiger partial charge in [-0.2, -0.15) is 5.10 Å². The number of hydrazine groups is 1. The number of hydrogen-bond acceptors (Lipinski definition) is 6. The zero-order chi connectivity index (χ0) is 18.7. The standard InChI is InChI=1S/C17H17N5O4/c1-10-13(11(2)26-21-10)8-15(24)18-19-17(25)16-14(23)9-22(20-16)12-6-4-3-5-7-12/h3-7,9,23H,8H2,1-2H3,(H,18,24)(H,19,25).